The van der Waals surface area contributed by atoms with Gasteiger partial charge in [0.05, 0.1) is 0 Å². The summed E-state index contributed by atoms with van der Waals surface area (Å²) in [6.07, 6.45) is 2.87. The number of benzene rings is 3. The molecule has 2 N–H and O–H groups in total. The van der Waals surface area contributed by atoms with Gasteiger partial charge < -0.3 is 19.7 Å². The number of nitrogens with zero attached hydrogens (tertiary/aromatic N) is 1. The first-order valence-corrected chi connectivity index (χ1v) is 14.1. The molecule has 3 atom stereocenters. The van der Waals surface area contributed by atoms with Crippen LogP contribution in [0.2, 0.25) is 0 Å². The third kappa shape index (κ3) is 5.32. The molecule has 3 aromatic carbocycles. The average Bonchev–Trinajstić information content (AvgIpc) is 3.35. The maximum Gasteiger partial charge on any atom is 0.150 e. The topological polar surface area (TPSA) is 62.2 Å². The maximum atomic E-state index is 10.3. The molecule has 0 aliphatic carbocycles. The lowest BCUT2D eigenvalue weighted by molar-refractivity contribution is 0.169. The van der Waals surface area contributed by atoms with Crippen LogP contribution in [0.1, 0.15) is 50.0 Å². The molecule has 194 valence electrons. The average molecular weight is 518 g/mol. The van der Waals surface area contributed by atoms with E-state index >= 15 is 0 Å². The Morgan fingerprint density at radius 2 is 1.86 bits per heavy atom. The summed E-state index contributed by atoms with van der Waals surface area (Å²) in [6, 6.07) is 19.4. The summed E-state index contributed by atoms with van der Waals surface area (Å²) in [7, 11) is 0. The monoisotopic (exact) mass is 517 g/mol. The van der Waals surface area contributed by atoms with Crippen LogP contribution in [-0.4, -0.2) is 47.1 Å². The van der Waals surface area contributed by atoms with E-state index in [1.165, 1.54) is 18.2 Å². The molecular weight excluding hydrogens is 482 g/mol. The summed E-state index contributed by atoms with van der Waals surface area (Å²) in [5.41, 5.74) is 4.91. The first-order chi connectivity index (χ1) is 17.8. The van der Waals surface area contributed by atoms with Gasteiger partial charge in [-0.15, -0.1) is 11.8 Å². The Hall–Kier alpha value is -3.09. The van der Waals surface area contributed by atoms with E-state index in [0.29, 0.717) is 12.6 Å². The molecule has 2 aliphatic rings. The van der Waals surface area contributed by atoms with E-state index in [0.717, 1.165) is 63.2 Å². The molecule has 0 bridgehead atoms. The summed E-state index contributed by atoms with van der Waals surface area (Å²) in [4.78, 5) is 3.31. The lowest BCUT2D eigenvalue weighted by Crippen LogP contribution is -2.35. The van der Waals surface area contributed by atoms with E-state index in [9.17, 15) is 10.2 Å². The van der Waals surface area contributed by atoms with Crippen LogP contribution in [0.4, 0.5) is 0 Å². The smallest absolute Gasteiger partial charge is 0.150 e. The fourth-order valence-corrected chi connectivity index (χ4v) is 5.84. The number of phenolic OH excluding ortho intramolecular Hbond substituents is 2. The highest BCUT2D eigenvalue weighted by molar-refractivity contribution is 7.98. The Kier molecular flexibility index (Phi) is 7.40. The summed E-state index contributed by atoms with van der Waals surface area (Å²) in [5.74, 6) is 2.81. The second-order valence-electron chi connectivity index (χ2n) is 10.2. The molecule has 3 unspecified atom stereocenters. The van der Waals surface area contributed by atoms with Gasteiger partial charge >= 0.3 is 0 Å². The molecule has 1 saturated heterocycles. The number of phenols is 2. The van der Waals surface area contributed by atoms with Crippen LogP contribution in [0, 0.1) is 5.92 Å². The predicted octanol–water partition coefficient (Wildman–Crippen LogP) is 6.99. The second-order valence-corrected chi connectivity index (χ2v) is 11.1. The summed E-state index contributed by atoms with van der Waals surface area (Å²) >= 11 is 1.51. The molecule has 2 aliphatic heterocycles. The minimum Gasteiger partial charge on any atom is -0.508 e. The molecule has 37 heavy (non-hydrogen) atoms. The summed E-state index contributed by atoms with van der Waals surface area (Å²) in [5, 5.41) is 20.4. The number of likely N-dealkylation sites (tertiary alicyclic amines) is 1. The van der Waals surface area contributed by atoms with Crippen molar-refractivity contribution in [1.82, 2.24) is 4.90 Å². The number of hydrogen-bond donors (Lipinski definition) is 2. The van der Waals surface area contributed by atoms with Crippen molar-refractivity contribution in [2.45, 2.75) is 44.2 Å². The van der Waals surface area contributed by atoms with Gasteiger partial charge in [0.25, 0.3) is 0 Å². The van der Waals surface area contributed by atoms with Gasteiger partial charge in [0.15, 0.2) is 0 Å². The van der Waals surface area contributed by atoms with Crippen LogP contribution in [0.3, 0.4) is 0 Å². The van der Waals surface area contributed by atoms with E-state index in [4.69, 9.17) is 9.47 Å². The van der Waals surface area contributed by atoms with Gasteiger partial charge in [-0.3, -0.25) is 4.90 Å². The molecule has 0 aromatic heterocycles. The van der Waals surface area contributed by atoms with Crippen molar-refractivity contribution in [3.05, 3.63) is 77.4 Å². The zero-order chi connectivity index (χ0) is 26.1. The minimum absolute atomic E-state index is 0.203. The van der Waals surface area contributed by atoms with Crippen LogP contribution >= 0.6 is 11.8 Å². The van der Waals surface area contributed by atoms with Crippen molar-refractivity contribution in [2.24, 2.45) is 5.92 Å². The quantitative estimate of drug-likeness (QED) is 0.329. The van der Waals surface area contributed by atoms with Gasteiger partial charge in [-0.1, -0.05) is 25.1 Å². The van der Waals surface area contributed by atoms with E-state index in [-0.39, 0.29) is 17.6 Å². The molecule has 5 rings (SSSR count). The first-order valence-electron chi connectivity index (χ1n) is 12.9. The van der Waals surface area contributed by atoms with Gasteiger partial charge in [0.2, 0.25) is 0 Å². The van der Waals surface area contributed by atoms with Crippen molar-refractivity contribution >= 4 is 22.9 Å². The van der Waals surface area contributed by atoms with Crippen LogP contribution in [-0.2, 0) is 0 Å². The highest BCUT2D eigenvalue weighted by Crippen LogP contribution is 2.48. The molecule has 6 heteroatoms. The third-order valence-corrected chi connectivity index (χ3v) is 8.29. The van der Waals surface area contributed by atoms with E-state index in [1.807, 2.05) is 36.6 Å². The Bertz CT molecular complexity index is 1300. The highest BCUT2D eigenvalue weighted by Gasteiger charge is 2.30. The zero-order valence-electron chi connectivity index (χ0n) is 21.9. The SMILES string of the molecule is CSc1cc(C2=C(C)c3cc(O)ccc3OC2c2ccc(OCC(C)N3CCC(C)C3)cc2)ccc1O. The fourth-order valence-electron chi connectivity index (χ4n) is 5.32. The lowest BCUT2D eigenvalue weighted by atomic mass is 9.86. The van der Waals surface area contributed by atoms with Gasteiger partial charge in [0.1, 0.15) is 35.7 Å². The Labute approximate surface area is 223 Å². The van der Waals surface area contributed by atoms with Crippen LogP contribution in [0.25, 0.3) is 11.1 Å². The zero-order valence-corrected chi connectivity index (χ0v) is 22.7. The number of allylic oxidation sites excluding steroid dienone is 1. The Morgan fingerprint density at radius 1 is 1.08 bits per heavy atom. The highest BCUT2D eigenvalue weighted by atomic mass is 32.2. The van der Waals surface area contributed by atoms with Crippen LogP contribution < -0.4 is 9.47 Å². The van der Waals surface area contributed by atoms with Crippen molar-refractivity contribution < 1.29 is 19.7 Å². The predicted molar refractivity (Wildman–Crippen MR) is 151 cm³/mol. The van der Waals surface area contributed by atoms with E-state index < -0.39 is 0 Å². The molecule has 0 radical (unpaired) electrons. The molecule has 1 fully saturated rings. The number of hydrogen-bond acceptors (Lipinski definition) is 6. The van der Waals surface area contributed by atoms with Crippen molar-refractivity contribution in [2.75, 3.05) is 26.0 Å². The Morgan fingerprint density at radius 3 is 2.57 bits per heavy atom. The van der Waals surface area contributed by atoms with Gasteiger partial charge in [-0.05, 0) is 98.2 Å². The largest absolute Gasteiger partial charge is 0.508 e. The fraction of sp³-hybridized carbons (Fsp3) is 0.355. The summed E-state index contributed by atoms with van der Waals surface area (Å²) in [6.45, 7) is 9.56. The van der Waals surface area contributed by atoms with Crippen LogP contribution in [0.5, 0.6) is 23.0 Å². The number of fused-ring (bicyclic) bond motifs is 1. The molecular formula is C31H35NO4S. The van der Waals surface area contributed by atoms with Gasteiger partial charge in [0, 0.05) is 28.6 Å². The van der Waals surface area contributed by atoms with Gasteiger partial charge in [-0.25, -0.2) is 0 Å². The maximum absolute atomic E-state index is 10.3. The third-order valence-electron chi connectivity index (χ3n) is 7.52. The first kappa shape index (κ1) is 25.6. The molecule has 2 heterocycles. The molecule has 3 aromatic rings. The van der Waals surface area contributed by atoms with Crippen LogP contribution in [0.15, 0.2) is 65.6 Å². The minimum atomic E-state index is -0.338. The molecule has 0 amide bonds. The van der Waals surface area contributed by atoms with Crippen molar-refractivity contribution in [3.8, 4) is 23.0 Å². The Balaban J connectivity index is 1.43. The van der Waals surface area contributed by atoms with E-state index in [1.54, 1.807) is 18.2 Å². The second kappa shape index (κ2) is 10.7. The summed E-state index contributed by atoms with van der Waals surface area (Å²) < 4.78 is 12.7. The number of aromatic hydroxyl groups is 2. The van der Waals surface area contributed by atoms with Crippen molar-refractivity contribution in [3.63, 3.8) is 0 Å². The number of ether oxygens (including phenoxy) is 2. The molecule has 0 spiro atoms. The normalized spacial score (nSPS) is 20.4. The van der Waals surface area contributed by atoms with Crippen molar-refractivity contribution in [1.29, 1.82) is 0 Å². The molecule has 5 nitrogen and oxygen atoms in total. The molecule has 0 saturated carbocycles. The number of thioether (sulfide) groups is 1. The van der Waals surface area contributed by atoms with E-state index in [2.05, 4.69) is 37.8 Å². The standard InChI is InChI=1S/C31H35NO4S/c1-19-13-14-32(17-19)20(2)18-35-25-9-5-22(6-10-25)31-30(23-7-11-27(34)29(15-23)37-4)21(3)26-16-24(33)8-12-28(26)36-31/h5-12,15-16,19-20,31,33-34H,13-14,17-18H2,1-4H3. The lowest BCUT2D eigenvalue weighted by Gasteiger charge is -2.31. The van der Waals surface area contributed by atoms with Gasteiger partial charge in [-0.2, -0.15) is 0 Å². The number of rotatable bonds is 7.